The Bertz CT molecular complexity index is 405. The van der Waals surface area contributed by atoms with Crippen molar-refractivity contribution < 1.29 is 14.3 Å². The first kappa shape index (κ1) is 11.9. The van der Waals surface area contributed by atoms with Crippen LogP contribution in [0.1, 0.15) is 30.1 Å². The van der Waals surface area contributed by atoms with Crippen LogP contribution in [0, 0.1) is 11.7 Å². The Morgan fingerprint density at radius 2 is 2.06 bits per heavy atom. The summed E-state index contributed by atoms with van der Waals surface area (Å²) in [6, 6.07) is 3.92. The molecule has 1 amide bonds. The van der Waals surface area contributed by atoms with Crippen LogP contribution in [-0.4, -0.2) is 29.0 Å². The molecule has 0 bridgehead atoms. The van der Waals surface area contributed by atoms with Gasteiger partial charge in [0.1, 0.15) is 17.1 Å². The number of phenolic OH excluding ortho intramolecular Hbond substituents is 1. The van der Waals surface area contributed by atoms with Gasteiger partial charge < -0.3 is 10.0 Å². The van der Waals surface area contributed by atoms with Crippen LogP contribution in [0.3, 0.4) is 0 Å². The normalized spacial score (nSPS) is 17.2. The molecule has 4 heteroatoms. The van der Waals surface area contributed by atoms with E-state index < -0.39 is 11.7 Å². The topological polar surface area (TPSA) is 40.5 Å². The molecule has 1 saturated heterocycles. The molecule has 92 valence electrons. The summed E-state index contributed by atoms with van der Waals surface area (Å²) in [5, 5.41) is 9.56. The van der Waals surface area contributed by atoms with Crippen LogP contribution in [0.2, 0.25) is 0 Å². The van der Waals surface area contributed by atoms with E-state index in [2.05, 4.69) is 6.92 Å². The zero-order valence-corrected chi connectivity index (χ0v) is 9.82. The minimum Gasteiger partial charge on any atom is -0.507 e. The zero-order chi connectivity index (χ0) is 12.4. The molecule has 1 aromatic carbocycles. The number of rotatable bonds is 1. The third-order valence-corrected chi connectivity index (χ3v) is 3.28. The van der Waals surface area contributed by atoms with Crippen molar-refractivity contribution in [2.45, 2.75) is 19.8 Å². The maximum atomic E-state index is 13.5. The fourth-order valence-corrected chi connectivity index (χ4v) is 2.09. The number of nitrogens with zero attached hydrogens (tertiary/aromatic N) is 1. The van der Waals surface area contributed by atoms with Gasteiger partial charge in [-0.3, -0.25) is 4.79 Å². The number of amides is 1. The molecule has 0 aromatic heterocycles. The SMILES string of the molecule is CC1CCN(C(=O)c2c(O)cccc2F)CC1. The molecular weight excluding hydrogens is 221 g/mol. The van der Waals surface area contributed by atoms with E-state index in [9.17, 15) is 14.3 Å². The largest absolute Gasteiger partial charge is 0.507 e. The van der Waals surface area contributed by atoms with Crippen LogP contribution >= 0.6 is 0 Å². The maximum Gasteiger partial charge on any atom is 0.260 e. The van der Waals surface area contributed by atoms with Gasteiger partial charge in [-0.25, -0.2) is 4.39 Å². The number of aromatic hydroxyl groups is 1. The van der Waals surface area contributed by atoms with Gasteiger partial charge in [-0.2, -0.15) is 0 Å². The number of likely N-dealkylation sites (tertiary alicyclic amines) is 1. The molecule has 0 radical (unpaired) electrons. The lowest BCUT2D eigenvalue weighted by Crippen LogP contribution is -2.38. The number of carbonyl (C=O) groups is 1. The van der Waals surface area contributed by atoms with Crippen molar-refractivity contribution in [2.75, 3.05) is 13.1 Å². The Labute approximate surface area is 99.9 Å². The quantitative estimate of drug-likeness (QED) is 0.814. The van der Waals surface area contributed by atoms with Crippen molar-refractivity contribution in [1.82, 2.24) is 4.90 Å². The highest BCUT2D eigenvalue weighted by molar-refractivity contribution is 5.97. The first-order valence-electron chi connectivity index (χ1n) is 5.86. The first-order valence-corrected chi connectivity index (χ1v) is 5.86. The van der Waals surface area contributed by atoms with E-state index in [1.165, 1.54) is 18.2 Å². The lowest BCUT2D eigenvalue weighted by Gasteiger charge is -2.30. The van der Waals surface area contributed by atoms with Gasteiger partial charge in [0.05, 0.1) is 0 Å². The zero-order valence-electron chi connectivity index (χ0n) is 9.82. The summed E-state index contributed by atoms with van der Waals surface area (Å²) in [6.07, 6.45) is 1.86. The third kappa shape index (κ3) is 2.40. The van der Waals surface area contributed by atoms with Crippen LogP contribution in [0.25, 0.3) is 0 Å². The van der Waals surface area contributed by atoms with Crippen molar-refractivity contribution in [3.8, 4) is 5.75 Å². The predicted molar refractivity (Wildman–Crippen MR) is 62.4 cm³/mol. The molecule has 3 nitrogen and oxygen atoms in total. The summed E-state index contributed by atoms with van der Waals surface area (Å²) >= 11 is 0. The average Bonchev–Trinajstić information content (AvgIpc) is 2.29. The Hall–Kier alpha value is -1.58. The molecule has 0 unspecified atom stereocenters. The highest BCUT2D eigenvalue weighted by Crippen LogP contribution is 2.24. The summed E-state index contributed by atoms with van der Waals surface area (Å²) in [6.45, 7) is 3.41. The van der Waals surface area contributed by atoms with E-state index in [0.717, 1.165) is 12.8 Å². The van der Waals surface area contributed by atoms with Gasteiger partial charge in [-0.15, -0.1) is 0 Å². The summed E-state index contributed by atoms with van der Waals surface area (Å²) in [7, 11) is 0. The summed E-state index contributed by atoms with van der Waals surface area (Å²) < 4.78 is 13.5. The highest BCUT2D eigenvalue weighted by Gasteiger charge is 2.25. The molecule has 1 heterocycles. The first-order chi connectivity index (χ1) is 8.09. The number of halogens is 1. The lowest BCUT2D eigenvalue weighted by atomic mass is 9.98. The highest BCUT2D eigenvalue weighted by atomic mass is 19.1. The Kier molecular flexibility index (Phi) is 3.31. The molecule has 1 aliphatic heterocycles. The Morgan fingerprint density at radius 1 is 1.41 bits per heavy atom. The monoisotopic (exact) mass is 237 g/mol. The van der Waals surface area contributed by atoms with E-state index in [1.54, 1.807) is 4.90 Å². The van der Waals surface area contributed by atoms with Gasteiger partial charge in [0.25, 0.3) is 5.91 Å². The molecule has 1 fully saturated rings. The number of carbonyl (C=O) groups excluding carboxylic acids is 1. The molecular formula is C13H16FNO2. The Balaban J connectivity index is 2.20. The van der Waals surface area contributed by atoms with Crippen molar-refractivity contribution >= 4 is 5.91 Å². The number of benzene rings is 1. The van der Waals surface area contributed by atoms with E-state index in [0.29, 0.717) is 19.0 Å². The number of hydrogen-bond acceptors (Lipinski definition) is 2. The minimum atomic E-state index is -0.659. The molecule has 0 saturated carbocycles. The second kappa shape index (κ2) is 4.73. The fourth-order valence-electron chi connectivity index (χ4n) is 2.09. The van der Waals surface area contributed by atoms with Crippen LogP contribution < -0.4 is 0 Å². The van der Waals surface area contributed by atoms with Gasteiger partial charge >= 0.3 is 0 Å². The van der Waals surface area contributed by atoms with Crippen LogP contribution in [0.4, 0.5) is 4.39 Å². The van der Waals surface area contributed by atoms with Crippen LogP contribution in [0.15, 0.2) is 18.2 Å². The molecule has 17 heavy (non-hydrogen) atoms. The smallest absolute Gasteiger partial charge is 0.260 e. The van der Waals surface area contributed by atoms with Gasteiger partial charge in [0.15, 0.2) is 0 Å². The average molecular weight is 237 g/mol. The Morgan fingerprint density at radius 3 is 2.65 bits per heavy atom. The van der Waals surface area contributed by atoms with Crippen LogP contribution in [-0.2, 0) is 0 Å². The van der Waals surface area contributed by atoms with E-state index in [-0.39, 0.29) is 11.3 Å². The fraction of sp³-hybridized carbons (Fsp3) is 0.462. The van der Waals surface area contributed by atoms with E-state index >= 15 is 0 Å². The second-order valence-electron chi connectivity index (χ2n) is 4.61. The number of piperidine rings is 1. The predicted octanol–water partition coefficient (Wildman–Crippen LogP) is 2.40. The van der Waals surface area contributed by atoms with Crippen molar-refractivity contribution in [3.05, 3.63) is 29.6 Å². The van der Waals surface area contributed by atoms with E-state index in [1.807, 2.05) is 0 Å². The summed E-state index contributed by atoms with van der Waals surface area (Å²) in [5.74, 6) is -0.747. The number of hydrogen-bond donors (Lipinski definition) is 1. The molecule has 0 atom stereocenters. The maximum absolute atomic E-state index is 13.5. The van der Waals surface area contributed by atoms with Gasteiger partial charge in [0, 0.05) is 13.1 Å². The third-order valence-electron chi connectivity index (χ3n) is 3.28. The molecule has 1 aromatic rings. The van der Waals surface area contributed by atoms with E-state index in [4.69, 9.17) is 0 Å². The van der Waals surface area contributed by atoms with Crippen molar-refractivity contribution in [1.29, 1.82) is 0 Å². The molecule has 0 aliphatic carbocycles. The summed E-state index contributed by atoms with van der Waals surface area (Å²) in [5.41, 5.74) is -0.206. The van der Waals surface area contributed by atoms with Gasteiger partial charge in [-0.1, -0.05) is 13.0 Å². The van der Waals surface area contributed by atoms with Crippen molar-refractivity contribution in [3.63, 3.8) is 0 Å². The van der Waals surface area contributed by atoms with Crippen molar-refractivity contribution in [2.24, 2.45) is 5.92 Å². The summed E-state index contributed by atoms with van der Waals surface area (Å²) in [4.78, 5) is 13.7. The molecule has 2 rings (SSSR count). The lowest BCUT2D eigenvalue weighted by molar-refractivity contribution is 0.0689. The minimum absolute atomic E-state index is 0.206. The molecule has 0 spiro atoms. The van der Waals surface area contributed by atoms with Gasteiger partial charge in [-0.05, 0) is 30.9 Å². The van der Waals surface area contributed by atoms with Crippen LogP contribution in [0.5, 0.6) is 5.75 Å². The number of phenols is 1. The van der Waals surface area contributed by atoms with Gasteiger partial charge in [0.2, 0.25) is 0 Å². The second-order valence-corrected chi connectivity index (χ2v) is 4.61. The standard InChI is InChI=1S/C13H16FNO2/c1-9-5-7-15(8-6-9)13(17)12-10(14)3-2-4-11(12)16/h2-4,9,16H,5-8H2,1H3. The molecule has 1 N–H and O–H groups in total. The molecule has 1 aliphatic rings.